The summed E-state index contributed by atoms with van der Waals surface area (Å²) in [6.07, 6.45) is 7.71. The molecule has 142 valence electrons. The Hall–Kier alpha value is -2.15. The Morgan fingerprint density at radius 3 is 2.77 bits per heavy atom. The van der Waals surface area contributed by atoms with E-state index in [1.165, 1.54) is 32.7 Å². The third kappa shape index (κ3) is 3.53. The molecule has 2 aliphatic carbocycles. The fourth-order valence-electron chi connectivity index (χ4n) is 4.46. The standard InChI is InChI=1S/C19H29N5O2/c1-4-14(7-8-20)23-17-15(19(26-3)22-10-21-17)18(25)24-16-11(2)12-5-6-13(16)9-12/h4,10-13,16H,5-9,20H2,1-3H3,(H,24,25)(H,21,22,23)/b14-4+/t11?,12-,13?,16?/m1/s1. The molecule has 7 heteroatoms. The number of fused-ring (bicyclic) bond motifs is 2. The number of aromatic nitrogens is 2. The molecule has 2 aliphatic rings. The molecule has 0 aromatic carbocycles. The molecular formula is C19H29N5O2. The molecule has 4 N–H and O–H groups in total. The molecule has 26 heavy (non-hydrogen) atoms. The van der Waals surface area contributed by atoms with Crippen LogP contribution in [0.1, 0.15) is 49.9 Å². The maximum atomic E-state index is 13.1. The first-order valence-corrected chi connectivity index (χ1v) is 9.41. The highest BCUT2D eigenvalue weighted by Gasteiger charge is 2.46. The van der Waals surface area contributed by atoms with Gasteiger partial charge >= 0.3 is 0 Å². The minimum atomic E-state index is -0.183. The summed E-state index contributed by atoms with van der Waals surface area (Å²) in [5.41, 5.74) is 6.91. The molecule has 2 saturated carbocycles. The van der Waals surface area contributed by atoms with Gasteiger partial charge in [-0.2, -0.15) is 0 Å². The predicted molar refractivity (Wildman–Crippen MR) is 101 cm³/mol. The van der Waals surface area contributed by atoms with Crippen molar-refractivity contribution in [2.45, 2.75) is 45.6 Å². The average molecular weight is 359 g/mol. The van der Waals surface area contributed by atoms with Crippen LogP contribution in [0.4, 0.5) is 5.82 Å². The Morgan fingerprint density at radius 2 is 2.15 bits per heavy atom. The van der Waals surface area contributed by atoms with Crippen LogP contribution in [0.5, 0.6) is 5.88 Å². The van der Waals surface area contributed by atoms with E-state index >= 15 is 0 Å². The number of allylic oxidation sites excluding steroid dienone is 1. The van der Waals surface area contributed by atoms with Gasteiger partial charge in [-0.05, 0) is 56.9 Å². The van der Waals surface area contributed by atoms with Crippen molar-refractivity contribution in [3.63, 3.8) is 0 Å². The van der Waals surface area contributed by atoms with Crippen LogP contribution >= 0.6 is 0 Å². The van der Waals surface area contributed by atoms with E-state index in [4.69, 9.17) is 10.5 Å². The molecule has 3 unspecified atom stereocenters. The number of anilines is 1. The highest BCUT2D eigenvalue weighted by molar-refractivity contribution is 6.01. The Labute approximate surface area is 154 Å². The van der Waals surface area contributed by atoms with E-state index in [-0.39, 0.29) is 17.8 Å². The maximum Gasteiger partial charge on any atom is 0.260 e. The Bertz CT molecular complexity index is 689. The molecule has 0 saturated heterocycles. The quantitative estimate of drug-likeness (QED) is 0.690. The molecule has 1 aromatic heterocycles. The number of amides is 1. The maximum absolute atomic E-state index is 13.1. The lowest BCUT2D eigenvalue weighted by atomic mass is 9.86. The summed E-state index contributed by atoms with van der Waals surface area (Å²) in [7, 11) is 1.51. The second kappa shape index (κ2) is 8.03. The lowest BCUT2D eigenvalue weighted by Gasteiger charge is -2.29. The van der Waals surface area contributed by atoms with Crippen LogP contribution in [0.25, 0.3) is 0 Å². The molecule has 4 atom stereocenters. The molecule has 1 aromatic rings. The van der Waals surface area contributed by atoms with Crippen molar-refractivity contribution in [3.8, 4) is 5.88 Å². The van der Waals surface area contributed by atoms with Crippen molar-refractivity contribution in [1.29, 1.82) is 0 Å². The number of methoxy groups -OCH3 is 1. The Balaban J connectivity index is 1.84. The van der Waals surface area contributed by atoms with E-state index < -0.39 is 0 Å². The second-order valence-corrected chi connectivity index (χ2v) is 7.28. The van der Waals surface area contributed by atoms with Crippen LogP contribution < -0.4 is 21.1 Å². The van der Waals surface area contributed by atoms with Gasteiger partial charge in [0.15, 0.2) is 0 Å². The first-order chi connectivity index (χ1) is 12.6. The number of rotatable bonds is 7. The van der Waals surface area contributed by atoms with Gasteiger partial charge in [0.25, 0.3) is 5.91 Å². The fourth-order valence-corrected chi connectivity index (χ4v) is 4.46. The summed E-state index contributed by atoms with van der Waals surface area (Å²) in [5, 5.41) is 6.44. The molecule has 2 fully saturated rings. The lowest BCUT2D eigenvalue weighted by molar-refractivity contribution is 0.0901. The minimum absolute atomic E-state index is 0.183. The van der Waals surface area contributed by atoms with E-state index in [2.05, 4.69) is 27.5 Å². The molecular weight excluding hydrogens is 330 g/mol. The van der Waals surface area contributed by atoms with E-state index in [1.807, 2.05) is 13.0 Å². The molecule has 2 bridgehead atoms. The van der Waals surface area contributed by atoms with Gasteiger partial charge in [0.05, 0.1) is 7.11 Å². The van der Waals surface area contributed by atoms with Crippen LogP contribution in [-0.2, 0) is 0 Å². The summed E-state index contributed by atoms with van der Waals surface area (Å²) >= 11 is 0. The number of hydrogen-bond acceptors (Lipinski definition) is 6. The smallest absolute Gasteiger partial charge is 0.260 e. The van der Waals surface area contributed by atoms with Gasteiger partial charge in [0, 0.05) is 11.7 Å². The minimum Gasteiger partial charge on any atom is -0.480 e. The zero-order valence-electron chi connectivity index (χ0n) is 15.8. The third-order valence-corrected chi connectivity index (χ3v) is 5.90. The van der Waals surface area contributed by atoms with E-state index in [0.29, 0.717) is 36.2 Å². The van der Waals surface area contributed by atoms with E-state index in [0.717, 1.165) is 11.6 Å². The second-order valence-electron chi connectivity index (χ2n) is 7.28. The van der Waals surface area contributed by atoms with Gasteiger partial charge in [-0.15, -0.1) is 0 Å². The van der Waals surface area contributed by atoms with Gasteiger partial charge in [-0.25, -0.2) is 9.97 Å². The van der Waals surface area contributed by atoms with Crippen LogP contribution in [0.3, 0.4) is 0 Å². The largest absolute Gasteiger partial charge is 0.480 e. The van der Waals surface area contributed by atoms with Gasteiger partial charge in [0.2, 0.25) is 5.88 Å². The van der Waals surface area contributed by atoms with Crippen molar-refractivity contribution in [3.05, 3.63) is 23.7 Å². The topological polar surface area (TPSA) is 102 Å². The van der Waals surface area contributed by atoms with Gasteiger partial charge in [-0.1, -0.05) is 13.0 Å². The van der Waals surface area contributed by atoms with Crippen molar-refractivity contribution < 1.29 is 9.53 Å². The SMILES string of the molecule is C/C=C(\CCN)Nc1ncnc(OC)c1C(=O)NC1C2CC[C@H](C2)C1C. The van der Waals surface area contributed by atoms with Crippen molar-refractivity contribution in [2.24, 2.45) is 23.5 Å². The lowest BCUT2D eigenvalue weighted by Crippen LogP contribution is -2.43. The van der Waals surface area contributed by atoms with Gasteiger partial charge < -0.3 is 21.1 Å². The molecule has 1 heterocycles. The average Bonchev–Trinajstić information content (AvgIpc) is 3.24. The number of carbonyl (C=O) groups is 1. The first kappa shape index (κ1) is 18.6. The molecule has 0 aliphatic heterocycles. The molecule has 7 nitrogen and oxygen atoms in total. The van der Waals surface area contributed by atoms with Crippen LogP contribution in [0, 0.1) is 17.8 Å². The predicted octanol–water partition coefficient (Wildman–Crippen LogP) is 2.31. The number of ether oxygens (including phenoxy) is 1. The highest BCUT2D eigenvalue weighted by atomic mass is 16.5. The number of nitrogens with zero attached hydrogens (tertiary/aromatic N) is 2. The number of carbonyl (C=O) groups excluding carboxylic acids is 1. The number of nitrogens with two attached hydrogens (primary N) is 1. The molecule has 0 spiro atoms. The molecule has 1 amide bonds. The van der Waals surface area contributed by atoms with Crippen LogP contribution in [-0.4, -0.2) is 35.6 Å². The molecule has 3 rings (SSSR count). The molecule has 0 radical (unpaired) electrons. The van der Waals surface area contributed by atoms with Crippen molar-refractivity contribution in [1.82, 2.24) is 15.3 Å². The number of nitrogens with one attached hydrogen (secondary N) is 2. The van der Waals surface area contributed by atoms with E-state index in [9.17, 15) is 4.79 Å². The monoisotopic (exact) mass is 359 g/mol. The highest BCUT2D eigenvalue weighted by Crippen LogP contribution is 2.48. The van der Waals surface area contributed by atoms with Gasteiger partial charge in [0.1, 0.15) is 17.7 Å². The summed E-state index contributed by atoms with van der Waals surface area (Å²) in [6.45, 7) is 4.68. The summed E-state index contributed by atoms with van der Waals surface area (Å²) in [4.78, 5) is 21.5. The number of hydrogen-bond donors (Lipinski definition) is 3. The summed E-state index contributed by atoms with van der Waals surface area (Å²) in [5.74, 6) is 2.36. The Kier molecular flexibility index (Phi) is 5.76. The first-order valence-electron chi connectivity index (χ1n) is 9.41. The van der Waals surface area contributed by atoms with Gasteiger partial charge in [-0.3, -0.25) is 4.79 Å². The zero-order chi connectivity index (χ0) is 18.7. The third-order valence-electron chi connectivity index (χ3n) is 5.90. The zero-order valence-corrected chi connectivity index (χ0v) is 15.8. The summed E-state index contributed by atoms with van der Waals surface area (Å²) < 4.78 is 5.34. The summed E-state index contributed by atoms with van der Waals surface area (Å²) in [6, 6.07) is 0.212. The van der Waals surface area contributed by atoms with Crippen LogP contribution in [0.2, 0.25) is 0 Å². The van der Waals surface area contributed by atoms with Crippen LogP contribution in [0.15, 0.2) is 18.1 Å². The Morgan fingerprint density at radius 1 is 1.38 bits per heavy atom. The fraction of sp³-hybridized carbons (Fsp3) is 0.632. The van der Waals surface area contributed by atoms with E-state index in [1.54, 1.807) is 0 Å². The normalized spacial score (nSPS) is 27.5. The van der Waals surface area contributed by atoms with Crippen molar-refractivity contribution >= 4 is 11.7 Å². The van der Waals surface area contributed by atoms with Crippen molar-refractivity contribution in [2.75, 3.05) is 19.0 Å².